The Balaban J connectivity index is 3.41. The second-order valence-corrected chi connectivity index (χ2v) is 30.2. The molecule has 34 heteroatoms. The lowest BCUT2D eigenvalue weighted by molar-refractivity contribution is -0.112. The average molecular weight is 1820 g/mol. The van der Waals surface area contributed by atoms with E-state index in [0.717, 1.165) is 13.1 Å². The lowest BCUT2D eigenvalue weighted by atomic mass is 10.1. The van der Waals surface area contributed by atoms with E-state index in [9.17, 15) is 0 Å². The normalized spacial score (nSPS) is 14.5. The first-order valence-electron chi connectivity index (χ1n) is 47.1. The fourth-order valence-electron chi connectivity index (χ4n) is 10.5. The maximum Gasteiger partial charge on any atom is 0.0781 e. The summed E-state index contributed by atoms with van der Waals surface area (Å²) in [5.74, 6) is 0. The van der Waals surface area contributed by atoms with Crippen LogP contribution in [0.2, 0.25) is 0 Å². The van der Waals surface area contributed by atoms with Gasteiger partial charge in [0, 0.05) is 6.54 Å². The van der Waals surface area contributed by atoms with Gasteiger partial charge in [-0.05, 0) is 82.2 Å². The summed E-state index contributed by atoms with van der Waals surface area (Å²) in [5, 5.41) is 3.51. The van der Waals surface area contributed by atoms with E-state index in [1.165, 1.54) is 64.2 Å². The summed E-state index contributed by atoms with van der Waals surface area (Å²) in [6.45, 7) is 55.0. The van der Waals surface area contributed by atoms with Crippen LogP contribution in [0, 0.1) is 0 Å². The molecule has 10 unspecified atom stereocenters. The minimum atomic E-state index is -0.111. The topological polar surface area (TPSA) is 317 Å². The van der Waals surface area contributed by atoms with Crippen LogP contribution in [0.3, 0.4) is 0 Å². The molecule has 0 rings (SSSR count). The number of nitrogens with one attached hydrogen (secondary N) is 1. The Kier molecular flexibility index (Phi) is 103. The highest BCUT2D eigenvalue weighted by molar-refractivity contribution is 4.65. The fraction of sp³-hybridized carbons (Fsp3) is 0.978. The third-order valence-electron chi connectivity index (χ3n) is 17.7. The van der Waals surface area contributed by atoms with Gasteiger partial charge < -0.3 is 162 Å². The second kappa shape index (κ2) is 104. The summed E-state index contributed by atoms with van der Waals surface area (Å²) in [6, 6.07) is 0. The van der Waals surface area contributed by atoms with E-state index in [4.69, 9.17) is 156 Å². The van der Waals surface area contributed by atoms with Crippen LogP contribution >= 0.6 is 0 Å². The van der Waals surface area contributed by atoms with E-state index in [0.29, 0.717) is 370 Å². The van der Waals surface area contributed by atoms with E-state index in [1.54, 1.807) is 6.08 Å². The van der Waals surface area contributed by atoms with Gasteiger partial charge in [-0.15, -0.1) is 6.58 Å². The van der Waals surface area contributed by atoms with Crippen LogP contribution in [0.25, 0.3) is 0 Å². The number of unbranched alkanes of at least 4 members (excludes halogenated alkanes) is 9. The lowest BCUT2D eigenvalue weighted by Gasteiger charge is -2.23. The van der Waals surface area contributed by atoms with Gasteiger partial charge in [0.1, 0.15) is 0 Å². The second-order valence-electron chi connectivity index (χ2n) is 30.2. The first kappa shape index (κ1) is 123. The van der Waals surface area contributed by atoms with Crippen molar-refractivity contribution in [1.82, 2.24) is 5.32 Å². The molecule has 0 fully saturated rings. The molecule has 750 valence electrons. The van der Waals surface area contributed by atoms with Crippen molar-refractivity contribution >= 4 is 0 Å². The molecule has 0 saturated heterocycles. The minimum Gasteiger partial charge on any atom is -0.377 e. The fourth-order valence-corrected chi connectivity index (χ4v) is 10.5. The summed E-state index contributed by atoms with van der Waals surface area (Å²) >= 11 is 0. The first-order chi connectivity index (χ1) is 61.4. The molecule has 0 saturated carbocycles. The third kappa shape index (κ3) is 104. The standard InChI is InChI=1S/C91H183NO33/c1-13-15-16-17-18-19-20-21-22-23-24-92-25-27-116-83(4)73-118-85(6)75-120-87(8)77-122-89(10)79-124-91(12)81-125-90(11)80-123-88(9)78-121-86(7)76-119-84(5)74-117-82(3)72-115-71-70-114-69-68-113-67-66-112-65-64-111-63-62-110-61-60-109-59-58-108-57-56-107-55-54-106-53-52-105-51-50-104-49-48-103-47-46-102-45-44-101-43-42-100-41-40-99-39-38-98-37-36-97-35-34-96-33-32-95-31-30-94-29-28-93-26-14-2/h14,82-92H,2,13,15-81H2,1,3-12H3. The van der Waals surface area contributed by atoms with Crippen LogP contribution in [0.5, 0.6) is 0 Å². The molecule has 125 heavy (non-hydrogen) atoms. The van der Waals surface area contributed by atoms with Crippen molar-refractivity contribution in [2.75, 3.05) is 383 Å². The highest BCUT2D eigenvalue weighted by Gasteiger charge is 2.17. The van der Waals surface area contributed by atoms with Gasteiger partial charge in [-0.1, -0.05) is 70.8 Å². The zero-order valence-electron chi connectivity index (χ0n) is 80.1. The van der Waals surface area contributed by atoms with Crippen molar-refractivity contribution in [2.24, 2.45) is 0 Å². The predicted molar refractivity (Wildman–Crippen MR) is 478 cm³/mol. The molecule has 0 bridgehead atoms. The molecule has 0 aromatic heterocycles. The van der Waals surface area contributed by atoms with Crippen molar-refractivity contribution in [3.05, 3.63) is 12.7 Å². The van der Waals surface area contributed by atoms with Crippen molar-refractivity contribution in [3.8, 4) is 0 Å². The number of rotatable bonds is 112. The molecule has 0 radical (unpaired) electrons. The van der Waals surface area contributed by atoms with Crippen molar-refractivity contribution in [3.63, 3.8) is 0 Å². The minimum absolute atomic E-state index is 0.0276. The quantitative estimate of drug-likeness (QED) is 0.0438. The van der Waals surface area contributed by atoms with Crippen molar-refractivity contribution in [2.45, 2.75) is 201 Å². The Bertz CT molecular complexity index is 2020. The zero-order chi connectivity index (χ0) is 90.6. The van der Waals surface area contributed by atoms with Crippen LogP contribution in [0.15, 0.2) is 12.7 Å². The van der Waals surface area contributed by atoms with E-state index in [2.05, 4.69) is 25.7 Å². The van der Waals surface area contributed by atoms with Crippen LogP contribution in [-0.4, -0.2) is 444 Å². The van der Waals surface area contributed by atoms with Crippen molar-refractivity contribution < 1.29 is 156 Å². The third-order valence-corrected chi connectivity index (χ3v) is 17.7. The Hall–Kier alpha value is -1.62. The van der Waals surface area contributed by atoms with Gasteiger partial charge in [0.2, 0.25) is 0 Å². The highest BCUT2D eigenvalue weighted by atomic mass is 16.6. The summed E-state index contributed by atoms with van der Waals surface area (Å²) in [4.78, 5) is 0. The van der Waals surface area contributed by atoms with Gasteiger partial charge in [0.05, 0.1) is 431 Å². The maximum absolute atomic E-state index is 6.03. The summed E-state index contributed by atoms with van der Waals surface area (Å²) < 4.78 is 187. The molecule has 0 spiro atoms. The molecule has 0 heterocycles. The SMILES string of the molecule is C=CCOCCOCCOCCOCCOCCOCCOCCOCCOCCOCCOCCOCCOCCOCCOCCOCCOCCOCCOCCOCCOCCOCCOCC(C)OCC(C)OCC(C)OCC(C)OCC(C)OCC(C)OCC(C)OCC(C)OCC(C)OCC(C)OCCNCCCCCCCCCCCC. The van der Waals surface area contributed by atoms with Gasteiger partial charge >= 0.3 is 0 Å². The van der Waals surface area contributed by atoms with Crippen LogP contribution in [0.4, 0.5) is 0 Å². The molecule has 0 aromatic rings. The molecular formula is C91H183NO33. The average Bonchev–Trinajstić information content (AvgIpc) is 0.969. The van der Waals surface area contributed by atoms with E-state index < -0.39 is 0 Å². The van der Waals surface area contributed by atoms with Crippen LogP contribution < -0.4 is 5.32 Å². The van der Waals surface area contributed by atoms with Gasteiger partial charge in [0.15, 0.2) is 0 Å². The number of hydrogen-bond acceptors (Lipinski definition) is 34. The Labute approximate surface area is 755 Å². The van der Waals surface area contributed by atoms with E-state index >= 15 is 0 Å². The predicted octanol–water partition coefficient (Wildman–Crippen LogP) is 9.12. The monoisotopic (exact) mass is 1820 g/mol. The lowest BCUT2D eigenvalue weighted by Crippen LogP contribution is -2.31. The Morgan fingerprint density at radius 1 is 0.168 bits per heavy atom. The van der Waals surface area contributed by atoms with Crippen LogP contribution in [-0.2, 0) is 156 Å². The van der Waals surface area contributed by atoms with E-state index in [-0.39, 0.29) is 61.0 Å². The Morgan fingerprint density at radius 3 is 0.504 bits per heavy atom. The molecule has 34 nitrogen and oxygen atoms in total. The van der Waals surface area contributed by atoms with Gasteiger partial charge in [-0.3, -0.25) is 0 Å². The smallest absolute Gasteiger partial charge is 0.0781 e. The molecule has 1 N–H and O–H groups in total. The maximum atomic E-state index is 6.03. The Morgan fingerprint density at radius 2 is 0.320 bits per heavy atom. The molecule has 0 amide bonds. The molecule has 10 atom stereocenters. The molecule has 0 aliphatic heterocycles. The molecule has 0 aliphatic carbocycles. The summed E-state index contributed by atoms with van der Waals surface area (Å²) in [7, 11) is 0. The molecule has 0 aromatic carbocycles. The molecular weight excluding hydrogens is 1630 g/mol. The number of ether oxygens (including phenoxy) is 33. The van der Waals surface area contributed by atoms with E-state index in [1.807, 2.05) is 62.3 Å². The largest absolute Gasteiger partial charge is 0.377 e. The van der Waals surface area contributed by atoms with Gasteiger partial charge in [0.25, 0.3) is 0 Å². The highest BCUT2D eigenvalue weighted by Crippen LogP contribution is 2.12. The number of hydrogen-bond donors (Lipinski definition) is 1. The first-order valence-corrected chi connectivity index (χ1v) is 47.1. The summed E-state index contributed by atoms with van der Waals surface area (Å²) in [6.07, 6.45) is 14.5. The van der Waals surface area contributed by atoms with Gasteiger partial charge in [-0.2, -0.15) is 0 Å². The molecule has 0 aliphatic rings. The van der Waals surface area contributed by atoms with Gasteiger partial charge in [-0.25, -0.2) is 0 Å². The summed E-state index contributed by atoms with van der Waals surface area (Å²) in [5.41, 5.74) is 0. The van der Waals surface area contributed by atoms with Crippen LogP contribution in [0.1, 0.15) is 140 Å². The van der Waals surface area contributed by atoms with Crippen molar-refractivity contribution in [1.29, 1.82) is 0 Å². The zero-order valence-corrected chi connectivity index (χ0v) is 80.1.